The van der Waals surface area contributed by atoms with Gasteiger partial charge in [-0.25, -0.2) is 4.99 Å². The van der Waals surface area contributed by atoms with Crippen molar-refractivity contribution >= 4 is 45.1 Å². The van der Waals surface area contributed by atoms with Crippen LogP contribution in [0.2, 0.25) is 0 Å². The molecule has 8 nitrogen and oxygen atoms in total. The number of thiazole rings is 1. The molecule has 2 aromatic heterocycles. The number of para-hydroxylation sites is 1. The highest BCUT2D eigenvalue weighted by Crippen LogP contribution is 2.36. The SMILES string of the molecule is CCN(CC)C(=O)C1=C(C)N=c2s/c(=C/c3cc(Br)c(N(C)C)o3)c(=O)n2[C@H]1c1ccccc1OC. The van der Waals surface area contributed by atoms with E-state index in [2.05, 4.69) is 15.9 Å². The van der Waals surface area contributed by atoms with Crippen molar-refractivity contribution in [1.82, 2.24) is 9.47 Å². The van der Waals surface area contributed by atoms with Crippen LogP contribution in [0.15, 0.2) is 60.3 Å². The highest BCUT2D eigenvalue weighted by atomic mass is 79.9. The minimum Gasteiger partial charge on any atom is -0.496 e. The van der Waals surface area contributed by atoms with Crippen molar-refractivity contribution in [3.05, 3.63) is 77.1 Å². The third-order valence-electron chi connectivity index (χ3n) is 6.10. The lowest BCUT2D eigenvalue weighted by atomic mass is 9.94. The van der Waals surface area contributed by atoms with E-state index >= 15 is 0 Å². The molecule has 3 aromatic rings. The van der Waals surface area contributed by atoms with E-state index in [-0.39, 0.29) is 11.5 Å². The van der Waals surface area contributed by atoms with Crippen LogP contribution >= 0.6 is 27.3 Å². The predicted molar refractivity (Wildman–Crippen MR) is 145 cm³/mol. The molecule has 3 heterocycles. The summed E-state index contributed by atoms with van der Waals surface area (Å²) in [6.45, 7) is 6.80. The first-order valence-electron chi connectivity index (χ1n) is 11.6. The molecule has 1 amide bonds. The molecular weight excluding hydrogens is 544 g/mol. The molecule has 1 atom stereocenters. The van der Waals surface area contributed by atoms with Crippen molar-refractivity contribution in [2.45, 2.75) is 26.8 Å². The largest absolute Gasteiger partial charge is 0.496 e. The van der Waals surface area contributed by atoms with E-state index in [9.17, 15) is 9.59 Å². The van der Waals surface area contributed by atoms with E-state index in [1.807, 2.05) is 70.1 Å². The number of methoxy groups -OCH3 is 1. The number of allylic oxidation sites excluding steroid dienone is 1. The van der Waals surface area contributed by atoms with Gasteiger partial charge in [-0.05, 0) is 42.8 Å². The van der Waals surface area contributed by atoms with Gasteiger partial charge in [0.2, 0.25) is 5.88 Å². The summed E-state index contributed by atoms with van der Waals surface area (Å²) in [5, 5.41) is 0. The number of halogens is 1. The van der Waals surface area contributed by atoms with Crippen molar-refractivity contribution in [3.63, 3.8) is 0 Å². The number of amides is 1. The topological polar surface area (TPSA) is 80.3 Å². The second-order valence-corrected chi connectivity index (χ2v) is 10.4. The number of hydrogen-bond acceptors (Lipinski definition) is 7. The quantitative estimate of drug-likeness (QED) is 0.432. The Labute approximate surface area is 221 Å². The van der Waals surface area contributed by atoms with Crippen LogP contribution in [-0.2, 0) is 4.79 Å². The Morgan fingerprint density at radius 2 is 1.97 bits per heavy atom. The van der Waals surface area contributed by atoms with Gasteiger partial charge in [-0.15, -0.1) is 0 Å². The zero-order chi connectivity index (χ0) is 26.1. The van der Waals surface area contributed by atoms with Crippen LogP contribution in [-0.4, -0.2) is 49.7 Å². The number of aromatic nitrogens is 1. The fourth-order valence-corrected chi connectivity index (χ4v) is 6.03. The maximum atomic E-state index is 13.8. The lowest BCUT2D eigenvalue weighted by Gasteiger charge is -2.29. The van der Waals surface area contributed by atoms with Crippen molar-refractivity contribution in [2.75, 3.05) is 39.2 Å². The normalized spacial score (nSPS) is 15.5. The van der Waals surface area contributed by atoms with Crippen LogP contribution < -0.4 is 24.5 Å². The summed E-state index contributed by atoms with van der Waals surface area (Å²) in [6, 6.07) is 8.63. The summed E-state index contributed by atoms with van der Waals surface area (Å²) in [6.07, 6.45) is 1.71. The Kier molecular flexibility index (Phi) is 7.56. The number of carbonyl (C=O) groups excluding carboxylic acids is 1. The second-order valence-electron chi connectivity index (χ2n) is 8.50. The van der Waals surface area contributed by atoms with E-state index in [1.165, 1.54) is 11.3 Å². The number of benzene rings is 1. The van der Waals surface area contributed by atoms with Gasteiger partial charge in [0.1, 0.15) is 17.6 Å². The molecule has 0 bridgehead atoms. The first kappa shape index (κ1) is 26.0. The fourth-order valence-electron chi connectivity index (χ4n) is 4.34. The summed E-state index contributed by atoms with van der Waals surface area (Å²) < 4.78 is 14.4. The average Bonchev–Trinajstić information content (AvgIpc) is 3.37. The monoisotopic (exact) mass is 572 g/mol. The zero-order valence-corrected chi connectivity index (χ0v) is 23.6. The number of carbonyl (C=O) groups is 1. The van der Waals surface area contributed by atoms with Gasteiger partial charge >= 0.3 is 0 Å². The first-order valence-corrected chi connectivity index (χ1v) is 13.2. The number of nitrogens with zero attached hydrogens (tertiary/aromatic N) is 4. The number of hydrogen-bond donors (Lipinski definition) is 0. The van der Waals surface area contributed by atoms with Gasteiger partial charge in [-0.3, -0.25) is 14.2 Å². The average molecular weight is 574 g/mol. The molecule has 0 unspecified atom stereocenters. The molecule has 0 aliphatic carbocycles. The van der Waals surface area contributed by atoms with Gasteiger partial charge in [-0.2, -0.15) is 0 Å². The number of anilines is 1. The minimum atomic E-state index is -0.673. The third kappa shape index (κ3) is 4.55. The Balaban J connectivity index is 1.98. The molecule has 0 saturated heterocycles. The molecule has 190 valence electrons. The van der Waals surface area contributed by atoms with Crippen LogP contribution in [0.4, 0.5) is 5.88 Å². The highest BCUT2D eigenvalue weighted by Gasteiger charge is 2.35. The van der Waals surface area contributed by atoms with Crippen molar-refractivity contribution in [2.24, 2.45) is 4.99 Å². The minimum absolute atomic E-state index is 0.142. The molecule has 0 N–H and O–H groups in total. The van der Waals surface area contributed by atoms with Gasteiger partial charge in [-0.1, -0.05) is 29.5 Å². The number of ether oxygens (including phenoxy) is 1. The maximum absolute atomic E-state index is 13.8. The molecule has 4 rings (SSSR count). The number of likely N-dealkylation sites (N-methyl/N-ethyl adjacent to an activating group) is 1. The summed E-state index contributed by atoms with van der Waals surface area (Å²) in [5.74, 6) is 1.66. The first-order chi connectivity index (χ1) is 17.2. The Morgan fingerprint density at radius 1 is 1.28 bits per heavy atom. The molecule has 1 aromatic carbocycles. The van der Waals surface area contributed by atoms with Gasteiger partial charge in [0.05, 0.1) is 27.4 Å². The lowest BCUT2D eigenvalue weighted by Crippen LogP contribution is -2.43. The molecule has 0 radical (unpaired) electrons. The Morgan fingerprint density at radius 3 is 2.58 bits per heavy atom. The van der Waals surface area contributed by atoms with Gasteiger partial charge in [0.25, 0.3) is 11.5 Å². The fraction of sp³-hybridized carbons (Fsp3) is 0.346. The van der Waals surface area contributed by atoms with Gasteiger partial charge < -0.3 is 19.0 Å². The van der Waals surface area contributed by atoms with Gasteiger partial charge in [0, 0.05) is 44.9 Å². The van der Waals surface area contributed by atoms with Crippen LogP contribution in [0.1, 0.15) is 38.1 Å². The number of fused-ring (bicyclic) bond motifs is 1. The van der Waals surface area contributed by atoms with Crippen LogP contribution in [0.3, 0.4) is 0 Å². The standard InChI is InChI=1S/C26H29BrN4O4S/c1-7-30(8-2)24(33)21-15(3)28-26-31(22(21)17-11-9-10-12-19(17)34-6)23(32)20(36-26)14-16-13-18(27)25(35-16)29(4)5/h9-14,22H,7-8H2,1-6H3/b20-14+/t22-/m0/s1. The van der Waals surface area contributed by atoms with Crippen molar-refractivity contribution < 1.29 is 13.9 Å². The summed E-state index contributed by atoms with van der Waals surface area (Å²) >= 11 is 4.77. The van der Waals surface area contributed by atoms with E-state index in [0.717, 1.165) is 10.0 Å². The van der Waals surface area contributed by atoms with Gasteiger partial charge in [0.15, 0.2) is 4.80 Å². The molecule has 0 spiro atoms. The molecule has 10 heteroatoms. The molecule has 0 fully saturated rings. The summed E-state index contributed by atoms with van der Waals surface area (Å²) in [5.41, 5.74) is 1.54. The third-order valence-corrected chi connectivity index (χ3v) is 7.65. The second kappa shape index (κ2) is 10.5. The van der Waals surface area contributed by atoms with E-state index in [4.69, 9.17) is 14.1 Å². The van der Waals surface area contributed by atoms with Crippen LogP contribution in [0.25, 0.3) is 6.08 Å². The summed E-state index contributed by atoms with van der Waals surface area (Å²) in [4.78, 5) is 36.4. The molecule has 0 saturated carbocycles. The van der Waals surface area contributed by atoms with Crippen molar-refractivity contribution in [3.8, 4) is 5.75 Å². The predicted octanol–water partition coefficient (Wildman–Crippen LogP) is 3.53. The molecular formula is C26H29BrN4O4S. The summed E-state index contributed by atoms with van der Waals surface area (Å²) in [7, 11) is 5.35. The lowest BCUT2D eigenvalue weighted by molar-refractivity contribution is -0.127. The molecule has 36 heavy (non-hydrogen) atoms. The van der Waals surface area contributed by atoms with E-state index in [1.54, 1.807) is 22.7 Å². The molecule has 1 aliphatic rings. The molecule has 1 aliphatic heterocycles. The number of rotatable bonds is 7. The Hall–Kier alpha value is -3.11. The smallest absolute Gasteiger partial charge is 0.271 e. The van der Waals surface area contributed by atoms with E-state index < -0.39 is 6.04 Å². The maximum Gasteiger partial charge on any atom is 0.271 e. The van der Waals surface area contributed by atoms with Crippen LogP contribution in [0.5, 0.6) is 5.75 Å². The van der Waals surface area contributed by atoms with E-state index in [0.29, 0.717) is 51.1 Å². The zero-order valence-electron chi connectivity index (χ0n) is 21.2. The Bertz CT molecular complexity index is 1510. The highest BCUT2D eigenvalue weighted by molar-refractivity contribution is 9.10. The van der Waals surface area contributed by atoms with Crippen molar-refractivity contribution in [1.29, 1.82) is 0 Å². The number of furan rings is 1. The van der Waals surface area contributed by atoms with Crippen LogP contribution in [0, 0.1) is 0 Å².